The average Bonchev–Trinajstić information content (AvgIpc) is 3.26. The fourth-order valence-corrected chi connectivity index (χ4v) is 8.84. The first kappa shape index (κ1) is 26.0. The molecule has 0 spiro atoms. The lowest BCUT2D eigenvalue weighted by atomic mass is 9.48. The Kier molecular flexibility index (Phi) is 6.47. The van der Waals surface area contributed by atoms with Crippen LogP contribution in [0.25, 0.3) is 0 Å². The van der Waals surface area contributed by atoms with Crippen molar-refractivity contribution < 1.29 is 19.4 Å². The third-order valence-corrected chi connectivity index (χ3v) is 10.9. The van der Waals surface area contributed by atoms with Crippen molar-refractivity contribution in [2.45, 2.75) is 70.6 Å². The van der Waals surface area contributed by atoms with Gasteiger partial charge in [0.25, 0.3) is 0 Å². The molecular weight excluding hydrogens is 488 g/mol. The molecule has 3 fully saturated rings. The van der Waals surface area contributed by atoms with E-state index in [1.807, 2.05) is 54.4 Å². The van der Waals surface area contributed by atoms with Crippen LogP contribution in [0.5, 0.6) is 5.75 Å². The summed E-state index contributed by atoms with van der Waals surface area (Å²) in [6.45, 7) is 4.70. The van der Waals surface area contributed by atoms with Crippen molar-refractivity contribution in [3.8, 4) is 5.75 Å². The van der Waals surface area contributed by atoms with Crippen LogP contribution < -0.4 is 5.32 Å². The Balaban J connectivity index is 1.18. The summed E-state index contributed by atoms with van der Waals surface area (Å²) in [6, 6.07) is 16.7. The van der Waals surface area contributed by atoms with Crippen LogP contribution in [-0.2, 0) is 9.53 Å². The maximum Gasteiger partial charge on any atom is 0.408 e. The molecule has 2 amide bonds. The monoisotopic (exact) mass is 528 g/mol. The minimum absolute atomic E-state index is 0.0102. The number of amides is 2. The summed E-state index contributed by atoms with van der Waals surface area (Å²) < 4.78 is 6.26. The number of nitrogens with one attached hydrogen (secondary N) is 1. The number of alkyl carbamates (subject to hydrolysis) is 1. The van der Waals surface area contributed by atoms with Crippen LogP contribution in [-0.4, -0.2) is 41.2 Å². The second-order valence-corrected chi connectivity index (χ2v) is 12.7. The van der Waals surface area contributed by atoms with E-state index >= 15 is 0 Å². The van der Waals surface area contributed by atoms with E-state index in [1.165, 1.54) is 0 Å². The summed E-state index contributed by atoms with van der Waals surface area (Å²) in [7, 11) is 1.96. The number of benzene rings is 2. The standard InChI is InChI=1S/C33H40N2O4/c1-32-20-18-29(37)35(3)27(32)15-13-24-25-14-16-28(33(25,2)19-17-26(24)32)39-31(38)34-30(21-7-5-4-6-8-21)22-9-11-23(36)12-10-22/h4-12,18,20,24-28,30,36H,13-17,19H2,1-3H3,(H,34,38)/t24-,25-,26-,27+,28-,30?,32+,33-/m0/s1. The first-order valence-corrected chi connectivity index (χ1v) is 14.5. The number of likely N-dealkylation sites (N-methyl/N-ethyl adjacent to an activating group) is 1. The Morgan fingerprint density at radius 2 is 1.69 bits per heavy atom. The van der Waals surface area contributed by atoms with Crippen molar-refractivity contribution in [1.82, 2.24) is 10.2 Å². The average molecular weight is 529 g/mol. The largest absolute Gasteiger partial charge is 0.508 e. The van der Waals surface area contributed by atoms with E-state index in [-0.39, 0.29) is 40.7 Å². The zero-order valence-electron chi connectivity index (χ0n) is 23.2. The molecule has 0 saturated heterocycles. The van der Waals surface area contributed by atoms with Gasteiger partial charge in [-0.1, -0.05) is 62.4 Å². The number of nitrogens with zero attached hydrogens (tertiary/aromatic N) is 1. The second-order valence-electron chi connectivity index (χ2n) is 12.7. The van der Waals surface area contributed by atoms with Crippen LogP contribution in [0.15, 0.2) is 66.7 Å². The summed E-state index contributed by atoms with van der Waals surface area (Å²) >= 11 is 0. The third-order valence-electron chi connectivity index (χ3n) is 10.9. The Hall–Kier alpha value is -3.28. The molecule has 6 rings (SSSR count). The summed E-state index contributed by atoms with van der Waals surface area (Å²) in [5.41, 5.74) is 1.82. The van der Waals surface area contributed by atoms with Gasteiger partial charge < -0.3 is 20.1 Å². The molecule has 6 heteroatoms. The molecule has 39 heavy (non-hydrogen) atoms. The highest BCUT2D eigenvalue weighted by Crippen LogP contribution is 2.64. The van der Waals surface area contributed by atoms with Crippen LogP contribution in [0.1, 0.15) is 69.5 Å². The Morgan fingerprint density at radius 3 is 2.44 bits per heavy atom. The molecule has 2 aromatic carbocycles. The van der Waals surface area contributed by atoms with Gasteiger partial charge in [-0.15, -0.1) is 0 Å². The van der Waals surface area contributed by atoms with Gasteiger partial charge in [-0.3, -0.25) is 4.79 Å². The van der Waals surface area contributed by atoms with Crippen molar-refractivity contribution >= 4 is 12.0 Å². The number of phenolic OH excluding ortho intramolecular Hbond substituents is 1. The van der Waals surface area contributed by atoms with Gasteiger partial charge in [0.1, 0.15) is 11.9 Å². The number of hydrogen-bond donors (Lipinski definition) is 2. The number of hydrogen-bond acceptors (Lipinski definition) is 4. The molecular formula is C33H40N2O4. The molecule has 1 heterocycles. The van der Waals surface area contributed by atoms with Gasteiger partial charge in [-0.2, -0.15) is 0 Å². The van der Waals surface area contributed by atoms with E-state index in [9.17, 15) is 14.7 Å². The van der Waals surface area contributed by atoms with E-state index < -0.39 is 6.09 Å². The molecule has 206 valence electrons. The van der Waals surface area contributed by atoms with E-state index in [0.29, 0.717) is 17.8 Å². The van der Waals surface area contributed by atoms with Crippen molar-refractivity contribution in [1.29, 1.82) is 0 Å². The minimum Gasteiger partial charge on any atom is -0.508 e. The van der Waals surface area contributed by atoms with Crippen LogP contribution in [0, 0.1) is 28.6 Å². The molecule has 2 aromatic rings. The van der Waals surface area contributed by atoms with Crippen LogP contribution in [0.2, 0.25) is 0 Å². The van der Waals surface area contributed by atoms with Gasteiger partial charge in [-0.05, 0) is 85.6 Å². The topological polar surface area (TPSA) is 78.9 Å². The molecule has 6 nitrogen and oxygen atoms in total. The third kappa shape index (κ3) is 4.32. The van der Waals surface area contributed by atoms with E-state index in [0.717, 1.165) is 49.7 Å². The van der Waals surface area contributed by atoms with Gasteiger partial charge in [0, 0.05) is 23.9 Å². The summed E-state index contributed by atoms with van der Waals surface area (Å²) in [5, 5.41) is 12.9. The molecule has 4 aliphatic rings. The fraction of sp³-hybridized carbons (Fsp3) is 0.515. The fourth-order valence-electron chi connectivity index (χ4n) is 8.84. The Labute approximate surface area is 231 Å². The zero-order chi connectivity index (χ0) is 27.4. The first-order chi connectivity index (χ1) is 18.7. The van der Waals surface area contributed by atoms with Gasteiger partial charge >= 0.3 is 6.09 Å². The maximum absolute atomic E-state index is 13.4. The minimum atomic E-state index is -0.392. The predicted octanol–water partition coefficient (Wildman–Crippen LogP) is 6.22. The summed E-state index contributed by atoms with van der Waals surface area (Å²) in [5.74, 6) is 1.97. The predicted molar refractivity (Wildman–Crippen MR) is 150 cm³/mol. The van der Waals surface area contributed by atoms with E-state index in [1.54, 1.807) is 18.2 Å². The SMILES string of the molecule is CN1C(=O)C=C[C@]2(C)[C@H]3CC[C@]4(C)[C@@H](OC(=O)NC(c5ccccc5)c5ccc(O)cc5)CC[C@H]4[C@@H]3CC[C@@H]12. The number of rotatable bonds is 4. The lowest BCUT2D eigenvalue weighted by molar-refractivity contribution is -0.140. The van der Waals surface area contributed by atoms with Crippen LogP contribution >= 0.6 is 0 Å². The summed E-state index contributed by atoms with van der Waals surface area (Å²) in [4.78, 5) is 27.7. The molecule has 0 bridgehead atoms. The van der Waals surface area contributed by atoms with Gasteiger partial charge in [-0.25, -0.2) is 4.79 Å². The molecule has 1 unspecified atom stereocenters. The highest BCUT2D eigenvalue weighted by atomic mass is 16.6. The van der Waals surface area contributed by atoms with Crippen LogP contribution in [0.3, 0.4) is 0 Å². The number of carbonyl (C=O) groups excluding carboxylic acids is 2. The molecule has 2 N–H and O–H groups in total. The number of fused-ring (bicyclic) bond motifs is 5. The maximum atomic E-state index is 13.4. The number of phenols is 1. The highest BCUT2D eigenvalue weighted by molar-refractivity contribution is 5.89. The Morgan fingerprint density at radius 1 is 0.974 bits per heavy atom. The normalized spacial score (nSPS) is 35.9. The van der Waals surface area contributed by atoms with Crippen molar-refractivity contribution in [3.63, 3.8) is 0 Å². The highest BCUT2D eigenvalue weighted by Gasteiger charge is 2.61. The van der Waals surface area contributed by atoms with Gasteiger partial charge in [0.05, 0.1) is 6.04 Å². The van der Waals surface area contributed by atoms with E-state index in [4.69, 9.17) is 4.74 Å². The Bertz CT molecular complexity index is 1260. The number of carbonyl (C=O) groups is 2. The molecule has 8 atom stereocenters. The summed E-state index contributed by atoms with van der Waals surface area (Å²) in [6.07, 6.45) is 9.76. The van der Waals surface area contributed by atoms with Crippen LogP contribution in [0.4, 0.5) is 4.79 Å². The van der Waals surface area contributed by atoms with Gasteiger partial charge in [0.2, 0.25) is 5.91 Å². The molecule has 3 saturated carbocycles. The first-order valence-electron chi connectivity index (χ1n) is 14.5. The lowest BCUT2D eigenvalue weighted by Crippen LogP contribution is -2.60. The molecule has 0 radical (unpaired) electrons. The quantitative estimate of drug-likeness (QED) is 0.494. The van der Waals surface area contributed by atoms with Crippen molar-refractivity contribution in [3.05, 3.63) is 77.9 Å². The molecule has 1 aliphatic heterocycles. The van der Waals surface area contributed by atoms with Crippen molar-refractivity contribution in [2.24, 2.45) is 28.6 Å². The molecule has 3 aliphatic carbocycles. The second kappa shape index (κ2) is 9.72. The van der Waals surface area contributed by atoms with Gasteiger partial charge in [0.15, 0.2) is 0 Å². The number of aromatic hydroxyl groups is 1. The smallest absolute Gasteiger partial charge is 0.408 e. The molecule has 0 aromatic heterocycles. The number of ether oxygens (including phenoxy) is 1. The zero-order valence-corrected chi connectivity index (χ0v) is 23.2. The lowest BCUT2D eigenvalue weighted by Gasteiger charge is -2.60. The van der Waals surface area contributed by atoms with Crippen molar-refractivity contribution in [2.75, 3.05) is 7.05 Å². The van der Waals surface area contributed by atoms with E-state index in [2.05, 4.69) is 25.2 Å².